The van der Waals surface area contributed by atoms with Gasteiger partial charge in [-0.05, 0) is 56.1 Å². The minimum Gasteiger partial charge on any atom is -0.394 e. The van der Waals surface area contributed by atoms with Crippen LogP contribution in [0.1, 0.15) is 46.0 Å². The van der Waals surface area contributed by atoms with E-state index in [0.29, 0.717) is 12.8 Å². The van der Waals surface area contributed by atoms with Crippen molar-refractivity contribution < 1.29 is 25.2 Å². The molecule has 5 nitrogen and oxygen atoms in total. The first-order chi connectivity index (χ1) is 12.2. The third kappa shape index (κ3) is 2.15. The number of rotatable bonds is 2. The minimum atomic E-state index is -1.37. The van der Waals surface area contributed by atoms with Crippen molar-refractivity contribution in [2.75, 3.05) is 6.61 Å². The third-order valence-electron chi connectivity index (χ3n) is 8.44. The van der Waals surface area contributed by atoms with Crippen LogP contribution < -0.4 is 0 Å². The lowest BCUT2D eigenvalue weighted by Crippen LogP contribution is -2.62. The van der Waals surface area contributed by atoms with Crippen molar-refractivity contribution in [2.24, 2.45) is 28.6 Å². The molecular formula is C21H30O5. The van der Waals surface area contributed by atoms with Gasteiger partial charge in [0.05, 0.1) is 18.3 Å². The Bertz CT molecular complexity index is 684. The van der Waals surface area contributed by atoms with Crippen molar-refractivity contribution in [3.63, 3.8) is 0 Å². The molecule has 4 aliphatic carbocycles. The lowest BCUT2D eigenvalue weighted by atomic mass is 9.46. The largest absolute Gasteiger partial charge is 0.394 e. The number of ketones is 1. The summed E-state index contributed by atoms with van der Waals surface area (Å²) in [5, 5.41) is 42.2. The molecule has 0 heterocycles. The average molecular weight is 362 g/mol. The minimum absolute atomic E-state index is 0.0125. The first-order valence-corrected chi connectivity index (χ1v) is 9.81. The fraction of sp³-hybridized carbons (Fsp3) is 0.762. The zero-order chi connectivity index (χ0) is 18.9. The highest BCUT2D eigenvalue weighted by atomic mass is 16.4. The van der Waals surface area contributed by atoms with Crippen LogP contribution in [0, 0.1) is 28.6 Å². The summed E-state index contributed by atoms with van der Waals surface area (Å²) in [4.78, 5) is 11.8. The molecule has 26 heavy (non-hydrogen) atoms. The summed E-state index contributed by atoms with van der Waals surface area (Å²) in [6.07, 6.45) is 6.85. The number of fused-ring (bicyclic) bond motifs is 5. The first-order valence-electron chi connectivity index (χ1n) is 9.81. The summed E-state index contributed by atoms with van der Waals surface area (Å²) in [6.45, 7) is 3.61. The molecule has 4 N–H and O–H groups in total. The second-order valence-electron chi connectivity index (χ2n) is 9.37. The molecule has 0 aromatic rings. The van der Waals surface area contributed by atoms with Crippen molar-refractivity contribution >= 4 is 5.78 Å². The van der Waals surface area contributed by atoms with Crippen LogP contribution in [0.15, 0.2) is 23.8 Å². The Morgan fingerprint density at radius 3 is 2.73 bits per heavy atom. The van der Waals surface area contributed by atoms with Gasteiger partial charge in [-0.1, -0.05) is 25.5 Å². The molecule has 0 radical (unpaired) electrons. The van der Waals surface area contributed by atoms with Crippen LogP contribution in [0.2, 0.25) is 0 Å². The average Bonchev–Trinajstić information content (AvgIpc) is 2.86. The van der Waals surface area contributed by atoms with Gasteiger partial charge in [-0.25, -0.2) is 0 Å². The van der Waals surface area contributed by atoms with E-state index in [1.54, 1.807) is 12.2 Å². The summed E-state index contributed by atoms with van der Waals surface area (Å²) in [7, 11) is 0. The van der Waals surface area contributed by atoms with Crippen molar-refractivity contribution in [1.29, 1.82) is 0 Å². The lowest BCUT2D eigenvalue weighted by molar-refractivity contribution is -0.204. The molecule has 144 valence electrons. The fourth-order valence-electron chi connectivity index (χ4n) is 7.06. The van der Waals surface area contributed by atoms with E-state index in [-0.39, 0.29) is 29.0 Å². The monoisotopic (exact) mass is 362 g/mol. The molecule has 0 bridgehead atoms. The van der Waals surface area contributed by atoms with E-state index < -0.39 is 29.8 Å². The van der Waals surface area contributed by atoms with Gasteiger partial charge in [0.15, 0.2) is 5.78 Å². The van der Waals surface area contributed by atoms with Crippen molar-refractivity contribution in [1.82, 2.24) is 0 Å². The molecule has 4 aliphatic rings. The number of aliphatic hydroxyl groups is 4. The molecule has 3 saturated carbocycles. The highest BCUT2D eigenvalue weighted by molar-refractivity contribution is 6.01. The van der Waals surface area contributed by atoms with Gasteiger partial charge in [0.1, 0.15) is 6.10 Å². The molecule has 0 spiro atoms. The molecular weight excluding hydrogens is 332 g/mol. The number of hydrogen-bond acceptors (Lipinski definition) is 5. The second-order valence-corrected chi connectivity index (χ2v) is 9.37. The van der Waals surface area contributed by atoms with E-state index in [4.69, 9.17) is 0 Å². The predicted molar refractivity (Wildman–Crippen MR) is 96.0 cm³/mol. The van der Waals surface area contributed by atoms with Crippen molar-refractivity contribution in [3.05, 3.63) is 23.8 Å². The van der Waals surface area contributed by atoms with Crippen LogP contribution in [0.5, 0.6) is 0 Å². The quantitative estimate of drug-likeness (QED) is 0.594. The van der Waals surface area contributed by atoms with E-state index in [0.717, 1.165) is 24.8 Å². The summed E-state index contributed by atoms with van der Waals surface area (Å²) in [6, 6.07) is 0. The van der Waals surface area contributed by atoms with Gasteiger partial charge in [-0.3, -0.25) is 4.79 Å². The van der Waals surface area contributed by atoms with Gasteiger partial charge >= 0.3 is 0 Å². The number of aliphatic hydroxyl groups excluding tert-OH is 3. The molecule has 0 aromatic carbocycles. The van der Waals surface area contributed by atoms with Crippen LogP contribution >= 0.6 is 0 Å². The third-order valence-corrected chi connectivity index (χ3v) is 8.44. The molecule has 8 atom stereocenters. The zero-order valence-electron chi connectivity index (χ0n) is 15.6. The highest BCUT2D eigenvalue weighted by Gasteiger charge is 2.67. The standard InChI is InChI=1S/C21H30O5/c1-19-7-5-13(23)9-12(19)3-4-14-15-6-8-21(26,17(25)11-22)20(15,2)10-16(24)18(14)19/h5,7,9,14-18,22,24-26H,3-4,6,8,10-11H2,1-2H3/t14-,15-,16-,17+,18+,19?,20-,21-/m0/s1. The number of hydrogen-bond donors (Lipinski definition) is 4. The number of carbonyl (C=O) groups excluding carboxylic acids is 1. The second kappa shape index (κ2) is 5.74. The lowest BCUT2D eigenvalue weighted by Gasteiger charge is -2.60. The van der Waals surface area contributed by atoms with Gasteiger partial charge in [-0.2, -0.15) is 0 Å². The maximum Gasteiger partial charge on any atom is 0.178 e. The van der Waals surface area contributed by atoms with Gasteiger partial charge in [0.25, 0.3) is 0 Å². The van der Waals surface area contributed by atoms with Crippen molar-refractivity contribution in [3.8, 4) is 0 Å². The topological polar surface area (TPSA) is 98.0 Å². The summed E-state index contributed by atoms with van der Waals surface area (Å²) >= 11 is 0. The van der Waals surface area contributed by atoms with Crippen molar-refractivity contribution in [2.45, 2.75) is 63.8 Å². The number of allylic oxidation sites excluding steroid dienone is 4. The van der Waals surface area contributed by atoms with Crippen LogP contribution in [0.25, 0.3) is 0 Å². The van der Waals surface area contributed by atoms with Crippen LogP contribution in [-0.2, 0) is 4.79 Å². The Kier molecular flexibility index (Phi) is 4.05. The maximum atomic E-state index is 11.8. The Balaban J connectivity index is 1.74. The molecule has 0 amide bonds. The molecule has 1 unspecified atom stereocenters. The molecule has 4 rings (SSSR count). The Morgan fingerprint density at radius 2 is 2.04 bits per heavy atom. The smallest absolute Gasteiger partial charge is 0.178 e. The van der Waals surface area contributed by atoms with E-state index >= 15 is 0 Å². The Morgan fingerprint density at radius 1 is 1.31 bits per heavy atom. The van der Waals surface area contributed by atoms with Gasteiger partial charge in [-0.15, -0.1) is 0 Å². The van der Waals surface area contributed by atoms with E-state index in [2.05, 4.69) is 6.92 Å². The normalized spacial score (nSPS) is 51.3. The summed E-state index contributed by atoms with van der Waals surface area (Å²) in [5.41, 5.74) is -1.21. The van der Waals surface area contributed by atoms with Crippen LogP contribution in [-0.4, -0.2) is 50.6 Å². The zero-order valence-corrected chi connectivity index (χ0v) is 15.6. The Labute approximate surface area is 154 Å². The molecule has 5 heteroatoms. The summed E-state index contributed by atoms with van der Waals surface area (Å²) in [5.74, 6) is 0.445. The van der Waals surface area contributed by atoms with Crippen LogP contribution in [0.3, 0.4) is 0 Å². The molecule has 0 saturated heterocycles. The van der Waals surface area contributed by atoms with Gasteiger partial charge in [0.2, 0.25) is 0 Å². The van der Waals surface area contributed by atoms with Crippen LogP contribution in [0.4, 0.5) is 0 Å². The van der Waals surface area contributed by atoms with E-state index in [9.17, 15) is 25.2 Å². The SMILES string of the molecule is CC12C=CC(=O)C=C1CC[C@@H]1[C@@H]2[C@@H](O)C[C@@]2(C)[C@H]1CC[C@]2(O)[C@H](O)CO. The molecule has 0 aliphatic heterocycles. The van der Waals surface area contributed by atoms with Gasteiger partial charge < -0.3 is 20.4 Å². The first kappa shape index (κ1) is 18.4. The van der Waals surface area contributed by atoms with E-state index in [1.165, 1.54) is 0 Å². The maximum absolute atomic E-state index is 11.8. The highest BCUT2D eigenvalue weighted by Crippen LogP contribution is 2.67. The van der Waals surface area contributed by atoms with Gasteiger partial charge in [0, 0.05) is 16.7 Å². The Hall–Kier alpha value is -1.01. The fourth-order valence-corrected chi connectivity index (χ4v) is 7.06. The predicted octanol–water partition coefficient (Wildman–Crippen LogP) is 1.35. The molecule has 3 fully saturated rings. The molecule has 0 aromatic heterocycles. The summed E-state index contributed by atoms with van der Waals surface area (Å²) < 4.78 is 0. The van der Waals surface area contributed by atoms with E-state index in [1.807, 2.05) is 13.0 Å². The number of carbonyl (C=O) groups is 1.